The van der Waals surface area contributed by atoms with Crippen molar-refractivity contribution in [3.05, 3.63) is 41.1 Å². The molecule has 1 aromatic heterocycles. The molecule has 0 atom stereocenters. The van der Waals surface area contributed by atoms with Crippen LogP contribution in [0.25, 0.3) is 11.3 Å². The van der Waals surface area contributed by atoms with E-state index in [9.17, 15) is 4.39 Å². The van der Waals surface area contributed by atoms with Crippen LogP contribution in [0.15, 0.2) is 24.4 Å². The fourth-order valence-corrected chi connectivity index (χ4v) is 2.93. The van der Waals surface area contributed by atoms with Crippen molar-refractivity contribution < 1.29 is 4.39 Å². The molecule has 0 aliphatic heterocycles. The van der Waals surface area contributed by atoms with Crippen molar-refractivity contribution in [1.29, 1.82) is 0 Å². The predicted molar refractivity (Wildman–Crippen MR) is 73.3 cm³/mol. The Hall–Kier alpha value is -1.39. The highest BCUT2D eigenvalue weighted by Gasteiger charge is 2.34. The van der Waals surface area contributed by atoms with Crippen LogP contribution in [0.1, 0.15) is 31.5 Å². The Morgan fingerprint density at radius 3 is 2.74 bits per heavy atom. The minimum atomic E-state index is -0.356. The van der Waals surface area contributed by atoms with Crippen LogP contribution in [-0.4, -0.2) is 9.97 Å². The largest absolute Gasteiger partial charge is 0.340 e. The summed E-state index contributed by atoms with van der Waals surface area (Å²) in [6.07, 6.45) is 5.85. The highest BCUT2D eigenvalue weighted by atomic mass is 35.5. The molecule has 2 aromatic rings. The molecule has 1 aromatic carbocycles. The van der Waals surface area contributed by atoms with Crippen LogP contribution in [0.2, 0.25) is 5.02 Å². The van der Waals surface area contributed by atoms with Gasteiger partial charge in [-0.3, -0.25) is 0 Å². The topological polar surface area (TPSA) is 54.7 Å². The van der Waals surface area contributed by atoms with E-state index in [-0.39, 0.29) is 11.4 Å². The molecule has 1 aliphatic carbocycles. The fourth-order valence-electron chi connectivity index (χ4n) is 2.66. The molecule has 0 unspecified atom stereocenters. The van der Waals surface area contributed by atoms with Gasteiger partial charge in [0.15, 0.2) is 0 Å². The summed E-state index contributed by atoms with van der Waals surface area (Å²) in [7, 11) is 0. The number of aromatic amines is 1. The second-order valence-electron chi connectivity index (χ2n) is 5.13. The van der Waals surface area contributed by atoms with Gasteiger partial charge in [-0.05, 0) is 31.0 Å². The summed E-state index contributed by atoms with van der Waals surface area (Å²) >= 11 is 6.05. The smallest absolute Gasteiger partial charge is 0.126 e. The van der Waals surface area contributed by atoms with Crippen molar-refractivity contribution in [2.24, 2.45) is 5.73 Å². The zero-order valence-corrected chi connectivity index (χ0v) is 11.2. The second kappa shape index (κ2) is 4.62. The maximum atomic E-state index is 13.0. The van der Waals surface area contributed by atoms with Crippen molar-refractivity contribution >= 4 is 11.6 Å². The molecule has 0 radical (unpaired) electrons. The third kappa shape index (κ3) is 2.26. The first kappa shape index (κ1) is 12.6. The molecule has 100 valence electrons. The Kier molecular flexibility index (Phi) is 3.07. The summed E-state index contributed by atoms with van der Waals surface area (Å²) in [5.41, 5.74) is 7.50. The summed E-state index contributed by atoms with van der Waals surface area (Å²) in [6, 6.07) is 4.33. The number of nitrogens with two attached hydrogens (primary N) is 1. The van der Waals surface area contributed by atoms with Gasteiger partial charge < -0.3 is 10.7 Å². The van der Waals surface area contributed by atoms with Gasteiger partial charge in [-0.25, -0.2) is 9.37 Å². The number of aromatic nitrogens is 2. The number of hydrogen-bond acceptors (Lipinski definition) is 2. The number of H-pyrrole nitrogens is 1. The molecule has 1 aliphatic rings. The van der Waals surface area contributed by atoms with Crippen LogP contribution in [0, 0.1) is 5.82 Å². The Bertz CT molecular complexity index is 602. The molecule has 0 bridgehead atoms. The van der Waals surface area contributed by atoms with E-state index < -0.39 is 0 Å². The molecule has 3 rings (SSSR count). The zero-order chi connectivity index (χ0) is 13.5. The van der Waals surface area contributed by atoms with Crippen LogP contribution < -0.4 is 5.73 Å². The van der Waals surface area contributed by atoms with Crippen LogP contribution in [0.3, 0.4) is 0 Å². The minimum Gasteiger partial charge on any atom is -0.340 e. The fraction of sp³-hybridized carbons (Fsp3) is 0.357. The summed E-state index contributed by atoms with van der Waals surface area (Å²) in [6.45, 7) is 0. The van der Waals surface area contributed by atoms with Gasteiger partial charge in [0.05, 0.1) is 22.5 Å². The Morgan fingerprint density at radius 1 is 1.32 bits per heavy atom. The van der Waals surface area contributed by atoms with E-state index in [1.54, 1.807) is 12.3 Å². The van der Waals surface area contributed by atoms with Gasteiger partial charge >= 0.3 is 0 Å². The lowest BCUT2D eigenvalue weighted by Gasteiger charge is -2.20. The monoisotopic (exact) mass is 279 g/mol. The van der Waals surface area contributed by atoms with Gasteiger partial charge in [0.1, 0.15) is 11.6 Å². The molecule has 0 saturated heterocycles. The van der Waals surface area contributed by atoms with Crippen molar-refractivity contribution in [3.63, 3.8) is 0 Å². The molecule has 0 amide bonds. The molecule has 1 fully saturated rings. The van der Waals surface area contributed by atoms with Gasteiger partial charge in [-0.1, -0.05) is 24.4 Å². The SMILES string of the molecule is NC1(c2ncc(-c3ccc(F)cc3Cl)[nH]2)CCCC1. The van der Waals surface area contributed by atoms with Crippen molar-refractivity contribution in [2.75, 3.05) is 0 Å². The van der Waals surface area contributed by atoms with Crippen molar-refractivity contribution in [2.45, 2.75) is 31.2 Å². The van der Waals surface area contributed by atoms with E-state index in [1.165, 1.54) is 12.1 Å². The normalized spacial score (nSPS) is 17.8. The first-order chi connectivity index (χ1) is 9.08. The van der Waals surface area contributed by atoms with E-state index >= 15 is 0 Å². The van der Waals surface area contributed by atoms with Crippen molar-refractivity contribution in [3.8, 4) is 11.3 Å². The first-order valence-electron chi connectivity index (χ1n) is 6.38. The predicted octanol–water partition coefficient (Wildman–Crippen LogP) is 3.60. The Balaban J connectivity index is 1.97. The standard InChI is InChI=1S/C14H15ClFN3/c15-11-7-9(16)3-4-10(11)12-8-18-13(19-12)14(17)5-1-2-6-14/h3-4,7-8H,1-2,5-6,17H2,(H,18,19). The van der Waals surface area contributed by atoms with Gasteiger partial charge in [-0.15, -0.1) is 0 Å². The number of nitrogens with zero attached hydrogens (tertiary/aromatic N) is 1. The number of nitrogens with one attached hydrogen (secondary N) is 1. The van der Waals surface area contributed by atoms with Gasteiger partial charge in [0.2, 0.25) is 0 Å². The molecular weight excluding hydrogens is 265 g/mol. The Labute approximate surface area is 116 Å². The number of hydrogen-bond donors (Lipinski definition) is 2. The van der Waals surface area contributed by atoms with Crippen LogP contribution >= 0.6 is 11.6 Å². The molecule has 19 heavy (non-hydrogen) atoms. The van der Waals surface area contributed by atoms with E-state index in [0.717, 1.165) is 42.8 Å². The van der Waals surface area contributed by atoms with E-state index in [0.29, 0.717) is 5.02 Å². The molecule has 5 heteroatoms. The third-order valence-electron chi connectivity index (χ3n) is 3.76. The third-order valence-corrected chi connectivity index (χ3v) is 4.08. The lowest BCUT2D eigenvalue weighted by atomic mass is 9.99. The van der Waals surface area contributed by atoms with Gasteiger partial charge in [0.25, 0.3) is 0 Å². The highest BCUT2D eigenvalue weighted by molar-refractivity contribution is 6.33. The maximum absolute atomic E-state index is 13.0. The van der Waals surface area contributed by atoms with Gasteiger partial charge in [0, 0.05) is 5.56 Å². The number of halogens is 2. The van der Waals surface area contributed by atoms with Crippen molar-refractivity contribution in [1.82, 2.24) is 9.97 Å². The average Bonchev–Trinajstić information content (AvgIpc) is 2.99. The molecular formula is C14H15ClFN3. The maximum Gasteiger partial charge on any atom is 0.126 e. The van der Waals surface area contributed by atoms with Crippen LogP contribution in [0.4, 0.5) is 4.39 Å². The average molecular weight is 280 g/mol. The number of benzene rings is 1. The Morgan fingerprint density at radius 2 is 2.05 bits per heavy atom. The molecule has 1 heterocycles. The zero-order valence-electron chi connectivity index (χ0n) is 10.4. The molecule has 1 saturated carbocycles. The number of rotatable bonds is 2. The quantitative estimate of drug-likeness (QED) is 0.882. The lowest BCUT2D eigenvalue weighted by Crippen LogP contribution is -2.34. The molecule has 3 nitrogen and oxygen atoms in total. The van der Waals surface area contributed by atoms with Gasteiger partial charge in [-0.2, -0.15) is 0 Å². The van der Waals surface area contributed by atoms with Crippen LogP contribution in [0.5, 0.6) is 0 Å². The minimum absolute atomic E-state index is 0.348. The van der Waals surface area contributed by atoms with E-state index in [2.05, 4.69) is 9.97 Å². The lowest BCUT2D eigenvalue weighted by molar-refractivity contribution is 0.436. The number of imidazole rings is 1. The van der Waals surface area contributed by atoms with Crippen LogP contribution in [-0.2, 0) is 5.54 Å². The summed E-state index contributed by atoms with van der Waals surface area (Å²) in [5, 5.41) is 0.368. The van der Waals surface area contributed by atoms with E-state index in [4.69, 9.17) is 17.3 Å². The van der Waals surface area contributed by atoms with E-state index in [1.807, 2.05) is 0 Å². The summed E-state index contributed by atoms with van der Waals surface area (Å²) < 4.78 is 13.0. The second-order valence-corrected chi connectivity index (χ2v) is 5.54. The highest BCUT2D eigenvalue weighted by Crippen LogP contribution is 2.36. The first-order valence-corrected chi connectivity index (χ1v) is 6.76. The summed E-state index contributed by atoms with van der Waals surface area (Å²) in [5.74, 6) is 0.444. The molecule has 0 spiro atoms. The molecule has 3 N–H and O–H groups in total. The summed E-state index contributed by atoms with van der Waals surface area (Å²) in [4.78, 5) is 7.61.